The molecule has 1 amide bonds. The molecule has 2 atom stereocenters. The molecule has 6 heteroatoms. The molecule has 2 aromatic rings. The molecule has 0 saturated carbocycles. The van der Waals surface area contributed by atoms with Crippen molar-refractivity contribution in [1.82, 2.24) is 0 Å². The summed E-state index contributed by atoms with van der Waals surface area (Å²) in [6, 6.07) is 7.75. The molecule has 132 valence electrons. The molecule has 3 nitrogen and oxygen atoms in total. The molecule has 1 heterocycles. The van der Waals surface area contributed by atoms with Crippen LogP contribution in [0.4, 0.5) is 24.5 Å². The van der Waals surface area contributed by atoms with Gasteiger partial charge in [0.05, 0.1) is 11.7 Å². The van der Waals surface area contributed by atoms with Crippen molar-refractivity contribution < 1.29 is 18.0 Å². The first-order chi connectivity index (χ1) is 11.8. The summed E-state index contributed by atoms with van der Waals surface area (Å²) in [5.41, 5.74) is 0.948. The fourth-order valence-corrected chi connectivity index (χ4v) is 3.41. The fourth-order valence-electron chi connectivity index (χ4n) is 3.41. The molecule has 3 rings (SSSR count). The highest BCUT2D eigenvalue weighted by Crippen LogP contribution is 2.39. The Morgan fingerprint density at radius 2 is 1.88 bits per heavy atom. The zero-order valence-electron chi connectivity index (χ0n) is 14.2. The number of amides is 1. The minimum Gasteiger partial charge on any atom is -0.376 e. The Labute approximate surface area is 144 Å². The van der Waals surface area contributed by atoms with Gasteiger partial charge >= 0.3 is 0 Å². The Morgan fingerprint density at radius 1 is 1.20 bits per heavy atom. The van der Waals surface area contributed by atoms with Crippen LogP contribution in [0.5, 0.6) is 0 Å². The number of fused-ring (bicyclic) bond motifs is 1. The molecular formula is C19H19F3N2O. The lowest BCUT2D eigenvalue weighted by atomic mass is 9.91. The fraction of sp³-hybridized carbons (Fsp3) is 0.316. The van der Waals surface area contributed by atoms with E-state index < -0.39 is 17.5 Å². The molecule has 0 aliphatic carbocycles. The maximum Gasteiger partial charge on any atom is 0.224 e. The summed E-state index contributed by atoms with van der Waals surface area (Å²) in [5.74, 6) is -3.18. The van der Waals surface area contributed by atoms with Crippen molar-refractivity contribution >= 4 is 17.3 Å². The van der Waals surface area contributed by atoms with E-state index in [2.05, 4.69) is 5.32 Å². The second-order valence-corrected chi connectivity index (χ2v) is 6.39. The number of carbonyl (C=O) groups excluding carboxylic acids is 1. The van der Waals surface area contributed by atoms with Gasteiger partial charge in [-0.3, -0.25) is 4.79 Å². The molecular weight excluding hydrogens is 329 g/mol. The van der Waals surface area contributed by atoms with E-state index in [-0.39, 0.29) is 29.2 Å². The van der Waals surface area contributed by atoms with Crippen LogP contribution >= 0.6 is 0 Å². The van der Waals surface area contributed by atoms with Gasteiger partial charge in [0.25, 0.3) is 0 Å². The monoisotopic (exact) mass is 348 g/mol. The first-order valence-corrected chi connectivity index (χ1v) is 8.10. The number of nitrogens with one attached hydrogen (secondary N) is 1. The lowest BCUT2D eigenvalue weighted by Gasteiger charge is -2.39. The third kappa shape index (κ3) is 2.97. The maximum atomic E-state index is 14.2. The van der Waals surface area contributed by atoms with Crippen LogP contribution in [0.25, 0.3) is 0 Å². The summed E-state index contributed by atoms with van der Waals surface area (Å²) in [4.78, 5) is 13.6. The third-order valence-electron chi connectivity index (χ3n) is 4.65. The van der Waals surface area contributed by atoms with Crippen molar-refractivity contribution in [1.29, 1.82) is 0 Å². The van der Waals surface area contributed by atoms with E-state index in [0.717, 1.165) is 17.3 Å². The zero-order valence-corrected chi connectivity index (χ0v) is 14.2. The summed E-state index contributed by atoms with van der Waals surface area (Å²) in [6.07, 6.45) is 0.493. The van der Waals surface area contributed by atoms with Crippen LogP contribution in [0.1, 0.15) is 37.4 Å². The molecule has 0 fully saturated rings. The Hall–Kier alpha value is -2.50. The van der Waals surface area contributed by atoms with Crippen molar-refractivity contribution in [2.75, 3.05) is 10.2 Å². The van der Waals surface area contributed by atoms with Gasteiger partial charge in [-0.15, -0.1) is 0 Å². The molecule has 0 spiro atoms. The predicted molar refractivity (Wildman–Crippen MR) is 91.1 cm³/mol. The highest BCUT2D eigenvalue weighted by Gasteiger charge is 2.32. The number of hydrogen-bond donors (Lipinski definition) is 1. The summed E-state index contributed by atoms with van der Waals surface area (Å²) in [6.45, 7) is 4.57. The molecule has 0 bridgehead atoms. The molecule has 0 aromatic heterocycles. The number of halogens is 3. The van der Waals surface area contributed by atoms with Crippen molar-refractivity contribution in [3.63, 3.8) is 0 Å². The number of benzene rings is 2. The largest absolute Gasteiger partial charge is 0.376 e. The van der Waals surface area contributed by atoms with E-state index in [9.17, 15) is 18.0 Å². The normalized spacial score (nSPS) is 19.5. The van der Waals surface area contributed by atoms with Crippen LogP contribution in [0.3, 0.4) is 0 Å². The topological polar surface area (TPSA) is 32.3 Å². The third-order valence-corrected chi connectivity index (χ3v) is 4.65. The summed E-state index contributed by atoms with van der Waals surface area (Å²) in [7, 11) is 0. The zero-order chi connectivity index (χ0) is 18.3. The standard InChI is InChI=1S/C19H19F3N2O/c1-10-8-15(13-6-4-5-7-17(13)24(10)12(3)25)23-16-9-14(20)11(2)18(21)19(16)22/h4-7,9-10,15,23H,8H2,1-3H3. The van der Waals surface area contributed by atoms with E-state index in [1.807, 2.05) is 31.2 Å². The molecule has 25 heavy (non-hydrogen) atoms. The number of carbonyl (C=O) groups is 1. The summed E-state index contributed by atoms with van der Waals surface area (Å²) < 4.78 is 41.9. The molecule has 0 radical (unpaired) electrons. The van der Waals surface area contributed by atoms with Crippen LogP contribution in [-0.4, -0.2) is 11.9 Å². The molecule has 2 aromatic carbocycles. The van der Waals surface area contributed by atoms with Crippen LogP contribution in [0, 0.1) is 24.4 Å². The second-order valence-electron chi connectivity index (χ2n) is 6.39. The quantitative estimate of drug-likeness (QED) is 0.797. The number of nitrogens with zero attached hydrogens (tertiary/aromatic N) is 1. The first-order valence-electron chi connectivity index (χ1n) is 8.10. The average Bonchev–Trinajstić information content (AvgIpc) is 2.57. The summed E-state index contributed by atoms with van der Waals surface area (Å²) >= 11 is 0. The van der Waals surface area contributed by atoms with Gasteiger partial charge in [-0.1, -0.05) is 18.2 Å². The second kappa shape index (κ2) is 6.43. The van der Waals surface area contributed by atoms with Gasteiger partial charge in [-0.25, -0.2) is 13.2 Å². The Balaban J connectivity index is 2.02. The van der Waals surface area contributed by atoms with Crippen LogP contribution in [0.2, 0.25) is 0 Å². The first kappa shape index (κ1) is 17.3. The highest BCUT2D eigenvalue weighted by atomic mass is 19.2. The number of anilines is 2. The van der Waals surface area contributed by atoms with E-state index in [0.29, 0.717) is 6.42 Å². The van der Waals surface area contributed by atoms with Crippen LogP contribution in [-0.2, 0) is 4.79 Å². The van der Waals surface area contributed by atoms with Crippen LogP contribution in [0.15, 0.2) is 30.3 Å². The highest BCUT2D eigenvalue weighted by molar-refractivity contribution is 5.93. The molecule has 0 saturated heterocycles. The Kier molecular flexibility index (Phi) is 4.45. The van der Waals surface area contributed by atoms with Gasteiger partial charge < -0.3 is 10.2 Å². The number of rotatable bonds is 2. The van der Waals surface area contributed by atoms with E-state index in [1.165, 1.54) is 13.8 Å². The van der Waals surface area contributed by atoms with Crippen LogP contribution < -0.4 is 10.2 Å². The number of hydrogen-bond acceptors (Lipinski definition) is 2. The number of para-hydroxylation sites is 1. The minimum absolute atomic E-state index is 0.0861. The predicted octanol–water partition coefficient (Wildman–Crippen LogP) is 4.71. The minimum atomic E-state index is -1.19. The van der Waals surface area contributed by atoms with Gasteiger partial charge in [-0.05, 0) is 31.9 Å². The lowest BCUT2D eigenvalue weighted by molar-refractivity contribution is -0.117. The Bertz CT molecular complexity index is 838. The maximum absolute atomic E-state index is 14.2. The van der Waals surface area contributed by atoms with E-state index in [1.54, 1.807) is 4.90 Å². The molecule has 2 unspecified atom stereocenters. The van der Waals surface area contributed by atoms with E-state index in [4.69, 9.17) is 0 Å². The van der Waals surface area contributed by atoms with Crippen molar-refractivity contribution in [2.45, 2.75) is 39.3 Å². The van der Waals surface area contributed by atoms with Crippen molar-refractivity contribution in [3.05, 3.63) is 58.9 Å². The van der Waals surface area contributed by atoms with Crippen molar-refractivity contribution in [2.24, 2.45) is 0 Å². The van der Waals surface area contributed by atoms with Gasteiger partial charge in [0.2, 0.25) is 5.91 Å². The van der Waals surface area contributed by atoms with E-state index >= 15 is 0 Å². The SMILES string of the molecule is CC(=O)N1c2ccccc2C(Nc2cc(F)c(C)c(F)c2F)CC1C. The summed E-state index contributed by atoms with van der Waals surface area (Å²) in [5, 5.41) is 2.91. The van der Waals surface area contributed by atoms with Gasteiger partial charge in [0, 0.05) is 30.3 Å². The molecule has 1 aliphatic heterocycles. The smallest absolute Gasteiger partial charge is 0.224 e. The lowest BCUT2D eigenvalue weighted by Crippen LogP contribution is -2.43. The van der Waals surface area contributed by atoms with Gasteiger partial charge in [0.1, 0.15) is 5.82 Å². The average molecular weight is 348 g/mol. The molecule has 1 N–H and O–H groups in total. The Morgan fingerprint density at radius 3 is 2.56 bits per heavy atom. The molecule has 1 aliphatic rings. The van der Waals surface area contributed by atoms with Gasteiger partial charge in [0.15, 0.2) is 11.6 Å². The van der Waals surface area contributed by atoms with Crippen molar-refractivity contribution in [3.8, 4) is 0 Å². The van der Waals surface area contributed by atoms with Gasteiger partial charge in [-0.2, -0.15) is 0 Å².